The first-order chi connectivity index (χ1) is 11.4. The normalized spacial score (nSPS) is 19.4. The fraction of sp³-hybridized carbons (Fsp3) is 0.111. The molecule has 2 aromatic carbocycles. The Morgan fingerprint density at radius 1 is 1.21 bits per heavy atom. The van der Waals surface area contributed by atoms with E-state index in [2.05, 4.69) is 5.32 Å². The van der Waals surface area contributed by atoms with Crippen LogP contribution >= 0.6 is 23.2 Å². The number of nitrogens with one attached hydrogen (secondary N) is 1. The lowest BCUT2D eigenvalue weighted by atomic mass is 9.89. The Balaban J connectivity index is 1.86. The summed E-state index contributed by atoms with van der Waals surface area (Å²) in [4.78, 5) is 24.4. The van der Waals surface area contributed by atoms with Crippen LogP contribution in [0.2, 0.25) is 10.0 Å². The zero-order valence-electron chi connectivity index (χ0n) is 12.4. The number of benzene rings is 2. The van der Waals surface area contributed by atoms with Crippen molar-refractivity contribution < 1.29 is 14.7 Å². The first-order valence-corrected chi connectivity index (χ1v) is 7.95. The lowest BCUT2D eigenvalue weighted by Gasteiger charge is -2.20. The van der Waals surface area contributed by atoms with Gasteiger partial charge < -0.3 is 10.4 Å². The zero-order chi connectivity index (χ0) is 17.3. The third-order valence-electron chi connectivity index (χ3n) is 3.78. The van der Waals surface area contributed by atoms with Gasteiger partial charge in [-0.15, -0.1) is 0 Å². The van der Waals surface area contributed by atoms with Gasteiger partial charge in [0.05, 0.1) is 17.1 Å². The van der Waals surface area contributed by atoms with Crippen molar-refractivity contribution in [2.45, 2.75) is 12.0 Å². The minimum absolute atomic E-state index is 0.137. The second kappa shape index (κ2) is 6.40. The molecular weight excluding hydrogens is 349 g/mol. The predicted molar refractivity (Wildman–Crippen MR) is 94.1 cm³/mol. The average Bonchev–Trinajstić information content (AvgIpc) is 2.77. The fourth-order valence-corrected chi connectivity index (χ4v) is 3.31. The van der Waals surface area contributed by atoms with E-state index < -0.39 is 23.7 Å². The lowest BCUT2D eigenvalue weighted by Crippen LogP contribution is -2.36. The van der Waals surface area contributed by atoms with Crippen LogP contribution in [0.3, 0.4) is 0 Å². The summed E-state index contributed by atoms with van der Waals surface area (Å²) in [7, 11) is 0. The predicted octanol–water partition coefficient (Wildman–Crippen LogP) is 3.81. The minimum atomic E-state index is -2.00. The van der Waals surface area contributed by atoms with Gasteiger partial charge >= 0.3 is 0 Å². The van der Waals surface area contributed by atoms with E-state index in [4.69, 9.17) is 23.2 Å². The highest BCUT2D eigenvalue weighted by atomic mass is 35.5. The van der Waals surface area contributed by atoms with Gasteiger partial charge in [-0.25, -0.2) is 0 Å². The van der Waals surface area contributed by atoms with Crippen LogP contribution in [0, 0.1) is 0 Å². The molecule has 122 valence electrons. The highest BCUT2D eigenvalue weighted by molar-refractivity contribution is 6.36. The van der Waals surface area contributed by atoms with Gasteiger partial charge in [0, 0.05) is 10.6 Å². The summed E-state index contributed by atoms with van der Waals surface area (Å²) < 4.78 is 0. The second-order valence-electron chi connectivity index (χ2n) is 5.51. The number of hydrogen-bond donors (Lipinski definition) is 2. The number of allylic oxidation sites excluding steroid dienone is 1. The molecular formula is C18H13Cl2NO3. The van der Waals surface area contributed by atoms with E-state index in [1.165, 1.54) is 18.2 Å². The number of carbonyl (C=O) groups is 2. The molecule has 0 saturated heterocycles. The summed E-state index contributed by atoms with van der Waals surface area (Å²) in [5.74, 6) is -1.08. The van der Waals surface area contributed by atoms with Gasteiger partial charge in [-0.3, -0.25) is 9.59 Å². The molecule has 0 aromatic heterocycles. The number of halogens is 2. The molecule has 6 heteroatoms. The standard InChI is InChI=1S/C18H13Cl2NO3/c19-12-8-14(20)16-15(9-12)21-17(23)18(16,24)10-13(22)7-6-11-4-2-1-3-5-11/h1-9,24H,10H2,(H,21,23). The Morgan fingerprint density at radius 3 is 2.62 bits per heavy atom. The van der Waals surface area contributed by atoms with Crippen molar-refractivity contribution in [1.29, 1.82) is 0 Å². The Kier molecular flexibility index (Phi) is 4.45. The van der Waals surface area contributed by atoms with Crippen LogP contribution in [0.15, 0.2) is 48.5 Å². The van der Waals surface area contributed by atoms with E-state index in [0.29, 0.717) is 10.7 Å². The highest BCUT2D eigenvalue weighted by Crippen LogP contribution is 2.44. The van der Waals surface area contributed by atoms with Crippen molar-refractivity contribution in [1.82, 2.24) is 0 Å². The van der Waals surface area contributed by atoms with Crippen molar-refractivity contribution >= 4 is 46.7 Å². The Labute approximate surface area is 148 Å². The van der Waals surface area contributed by atoms with E-state index >= 15 is 0 Å². The third kappa shape index (κ3) is 3.08. The van der Waals surface area contributed by atoms with Crippen LogP contribution in [-0.2, 0) is 15.2 Å². The average molecular weight is 362 g/mol. The number of ketones is 1. The molecule has 1 aliphatic heterocycles. The van der Waals surface area contributed by atoms with Crippen LogP contribution in [0.5, 0.6) is 0 Å². The number of aliphatic hydroxyl groups is 1. The number of fused-ring (bicyclic) bond motifs is 1. The number of anilines is 1. The summed E-state index contributed by atoms with van der Waals surface area (Å²) in [6.45, 7) is 0. The number of hydrogen-bond acceptors (Lipinski definition) is 3. The summed E-state index contributed by atoms with van der Waals surface area (Å²) in [6.07, 6.45) is 2.56. The molecule has 1 aliphatic rings. The maximum atomic E-state index is 12.2. The van der Waals surface area contributed by atoms with Crippen LogP contribution in [0.1, 0.15) is 17.5 Å². The highest BCUT2D eigenvalue weighted by Gasteiger charge is 2.48. The lowest BCUT2D eigenvalue weighted by molar-refractivity contribution is -0.138. The molecule has 2 aromatic rings. The van der Waals surface area contributed by atoms with E-state index in [-0.39, 0.29) is 10.6 Å². The molecule has 0 fully saturated rings. The number of rotatable bonds is 4. The van der Waals surface area contributed by atoms with Gasteiger partial charge in [0.2, 0.25) is 0 Å². The molecule has 3 rings (SSSR count). The van der Waals surface area contributed by atoms with Gasteiger partial charge in [0.1, 0.15) is 0 Å². The van der Waals surface area contributed by atoms with Crippen molar-refractivity contribution in [3.63, 3.8) is 0 Å². The number of carbonyl (C=O) groups excluding carboxylic acids is 2. The van der Waals surface area contributed by atoms with Crippen molar-refractivity contribution in [3.8, 4) is 0 Å². The van der Waals surface area contributed by atoms with Crippen LogP contribution in [0.4, 0.5) is 5.69 Å². The van der Waals surface area contributed by atoms with E-state index in [0.717, 1.165) is 5.56 Å². The van der Waals surface area contributed by atoms with Gasteiger partial charge in [-0.1, -0.05) is 59.6 Å². The summed E-state index contributed by atoms with van der Waals surface area (Å²) in [5, 5.41) is 13.7. The topological polar surface area (TPSA) is 66.4 Å². The van der Waals surface area contributed by atoms with Gasteiger partial charge in [-0.05, 0) is 23.8 Å². The van der Waals surface area contributed by atoms with Crippen LogP contribution in [-0.4, -0.2) is 16.8 Å². The van der Waals surface area contributed by atoms with Gasteiger partial charge in [0.25, 0.3) is 5.91 Å². The van der Waals surface area contributed by atoms with Gasteiger partial charge in [0.15, 0.2) is 11.4 Å². The first-order valence-electron chi connectivity index (χ1n) is 7.19. The van der Waals surface area contributed by atoms with Crippen LogP contribution < -0.4 is 5.32 Å². The quantitative estimate of drug-likeness (QED) is 0.813. The molecule has 0 radical (unpaired) electrons. The molecule has 24 heavy (non-hydrogen) atoms. The van der Waals surface area contributed by atoms with Crippen molar-refractivity contribution in [3.05, 3.63) is 69.7 Å². The van der Waals surface area contributed by atoms with Gasteiger partial charge in [-0.2, -0.15) is 0 Å². The fourth-order valence-electron chi connectivity index (χ4n) is 2.66. The third-order valence-corrected chi connectivity index (χ3v) is 4.30. The maximum Gasteiger partial charge on any atom is 0.261 e. The Bertz CT molecular complexity index is 849. The molecule has 1 heterocycles. The first kappa shape index (κ1) is 16.7. The summed E-state index contributed by atoms with van der Waals surface area (Å²) in [5.41, 5.74) is -0.659. The van der Waals surface area contributed by atoms with E-state index in [1.807, 2.05) is 30.3 Å². The van der Waals surface area contributed by atoms with Crippen molar-refractivity contribution in [2.75, 3.05) is 5.32 Å². The maximum absolute atomic E-state index is 12.2. The summed E-state index contributed by atoms with van der Waals surface area (Å²) >= 11 is 12.0. The smallest absolute Gasteiger partial charge is 0.261 e. The molecule has 1 amide bonds. The monoisotopic (exact) mass is 361 g/mol. The Morgan fingerprint density at radius 2 is 1.92 bits per heavy atom. The SMILES string of the molecule is O=C(C=Cc1ccccc1)CC1(O)C(=O)Nc2cc(Cl)cc(Cl)c21. The molecule has 0 saturated carbocycles. The van der Waals surface area contributed by atoms with Crippen molar-refractivity contribution in [2.24, 2.45) is 0 Å². The van der Waals surface area contributed by atoms with E-state index in [9.17, 15) is 14.7 Å². The summed E-state index contributed by atoms with van der Waals surface area (Å²) in [6, 6.07) is 12.2. The largest absolute Gasteiger partial charge is 0.375 e. The molecule has 1 unspecified atom stereocenters. The molecule has 1 atom stereocenters. The van der Waals surface area contributed by atoms with E-state index in [1.54, 1.807) is 6.08 Å². The molecule has 2 N–H and O–H groups in total. The molecule has 0 bridgehead atoms. The number of amides is 1. The molecule has 0 spiro atoms. The second-order valence-corrected chi connectivity index (χ2v) is 6.36. The zero-order valence-corrected chi connectivity index (χ0v) is 13.9. The molecule has 4 nitrogen and oxygen atoms in total. The minimum Gasteiger partial charge on any atom is -0.375 e. The Hall–Kier alpha value is -2.14. The van der Waals surface area contributed by atoms with Crippen LogP contribution in [0.25, 0.3) is 6.08 Å². The molecule has 0 aliphatic carbocycles.